The highest BCUT2D eigenvalue weighted by atomic mass is 32.2. The van der Waals surface area contributed by atoms with E-state index in [2.05, 4.69) is 4.72 Å². The number of hydrogen-bond donors (Lipinski definition) is 1. The molecule has 0 fully saturated rings. The van der Waals surface area contributed by atoms with Crippen LogP contribution in [0.15, 0.2) is 53.4 Å². The highest BCUT2D eigenvalue weighted by Crippen LogP contribution is 2.18. The van der Waals surface area contributed by atoms with E-state index < -0.39 is 31.7 Å². The average Bonchev–Trinajstić information content (AvgIpc) is 2.48. The van der Waals surface area contributed by atoms with Crippen molar-refractivity contribution in [2.45, 2.75) is 23.6 Å². The first kappa shape index (κ1) is 18.6. The summed E-state index contributed by atoms with van der Waals surface area (Å²) in [7, 11) is -6.92. The van der Waals surface area contributed by atoms with Crippen LogP contribution in [-0.2, 0) is 25.6 Å². The summed E-state index contributed by atoms with van der Waals surface area (Å²) in [5, 5.41) is 0. The first-order chi connectivity index (χ1) is 11.1. The number of hydrogen-bond acceptors (Lipinski definition) is 4. The van der Waals surface area contributed by atoms with Crippen molar-refractivity contribution >= 4 is 19.9 Å². The van der Waals surface area contributed by atoms with Gasteiger partial charge in [-0.05, 0) is 42.3 Å². The van der Waals surface area contributed by atoms with E-state index in [4.69, 9.17) is 0 Å². The molecule has 0 heterocycles. The zero-order chi connectivity index (χ0) is 18.0. The molecular formula is C16H18FNO4S2. The van der Waals surface area contributed by atoms with Gasteiger partial charge in [0.1, 0.15) is 5.82 Å². The third-order valence-corrected chi connectivity index (χ3v) is 5.99. The molecule has 0 saturated carbocycles. The first-order valence-electron chi connectivity index (χ1n) is 7.11. The van der Waals surface area contributed by atoms with Crippen molar-refractivity contribution < 1.29 is 21.2 Å². The second-order valence-electron chi connectivity index (χ2n) is 5.57. The van der Waals surface area contributed by atoms with E-state index in [1.807, 2.05) is 0 Å². The largest absolute Gasteiger partial charge is 0.224 e. The fraction of sp³-hybridized carbons (Fsp3) is 0.250. The van der Waals surface area contributed by atoms with Gasteiger partial charge in [0.15, 0.2) is 9.84 Å². The molecule has 0 aliphatic heterocycles. The standard InChI is InChI=1S/C16H18FNO4S2/c1-12(14-5-9-16(10-6-14)23(2,19)20)18-24(21,22)11-13-3-7-15(17)8-4-13/h3-10,12,18H,11H2,1-2H3/t12-/m0/s1. The second-order valence-corrected chi connectivity index (χ2v) is 9.34. The molecule has 1 N–H and O–H groups in total. The van der Waals surface area contributed by atoms with E-state index in [-0.39, 0.29) is 10.6 Å². The Bertz CT molecular complexity index is 906. The first-order valence-corrected chi connectivity index (χ1v) is 10.7. The zero-order valence-corrected chi connectivity index (χ0v) is 14.9. The molecule has 24 heavy (non-hydrogen) atoms. The lowest BCUT2D eigenvalue weighted by Gasteiger charge is -2.15. The van der Waals surface area contributed by atoms with Crippen LogP contribution in [0.25, 0.3) is 0 Å². The Morgan fingerprint density at radius 3 is 2.00 bits per heavy atom. The van der Waals surface area contributed by atoms with Gasteiger partial charge in [0.2, 0.25) is 10.0 Å². The van der Waals surface area contributed by atoms with Gasteiger partial charge in [-0.3, -0.25) is 0 Å². The number of benzene rings is 2. The average molecular weight is 371 g/mol. The van der Waals surface area contributed by atoms with Crippen molar-refractivity contribution in [3.8, 4) is 0 Å². The fourth-order valence-electron chi connectivity index (χ4n) is 2.18. The number of sulfonamides is 1. The summed E-state index contributed by atoms with van der Waals surface area (Å²) in [5.41, 5.74) is 1.12. The maximum atomic E-state index is 12.9. The molecule has 0 aromatic heterocycles. The van der Waals surface area contributed by atoms with Gasteiger partial charge in [-0.2, -0.15) is 0 Å². The molecule has 0 saturated heterocycles. The van der Waals surface area contributed by atoms with Crippen LogP contribution in [0.5, 0.6) is 0 Å². The Morgan fingerprint density at radius 1 is 0.958 bits per heavy atom. The summed E-state index contributed by atoms with van der Waals surface area (Å²) in [6, 6.07) is 10.7. The van der Waals surface area contributed by atoms with Crippen molar-refractivity contribution in [2.24, 2.45) is 0 Å². The number of sulfone groups is 1. The highest BCUT2D eigenvalue weighted by molar-refractivity contribution is 7.90. The Kier molecular flexibility index (Phi) is 5.42. The van der Waals surface area contributed by atoms with Crippen molar-refractivity contribution in [3.63, 3.8) is 0 Å². The molecule has 0 aliphatic rings. The minimum Gasteiger partial charge on any atom is -0.224 e. The Morgan fingerprint density at radius 2 is 1.50 bits per heavy atom. The van der Waals surface area contributed by atoms with Crippen molar-refractivity contribution in [3.05, 3.63) is 65.5 Å². The van der Waals surface area contributed by atoms with E-state index in [1.54, 1.807) is 19.1 Å². The van der Waals surface area contributed by atoms with Crippen LogP contribution in [0.4, 0.5) is 4.39 Å². The van der Waals surface area contributed by atoms with Crippen molar-refractivity contribution in [2.75, 3.05) is 6.26 Å². The van der Waals surface area contributed by atoms with Crippen LogP contribution in [0, 0.1) is 5.82 Å². The third-order valence-electron chi connectivity index (χ3n) is 3.43. The van der Waals surface area contributed by atoms with Gasteiger partial charge in [-0.15, -0.1) is 0 Å². The fourth-order valence-corrected chi connectivity index (χ4v) is 4.20. The number of nitrogens with one attached hydrogen (secondary N) is 1. The van der Waals surface area contributed by atoms with Crippen LogP contribution in [-0.4, -0.2) is 23.1 Å². The van der Waals surface area contributed by atoms with Gasteiger partial charge in [-0.1, -0.05) is 24.3 Å². The monoisotopic (exact) mass is 371 g/mol. The van der Waals surface area contributed by atoms with Crippen LogP contribution in [0.2, 0.25) is 0 Å². The van der Waals surface area contributed by atoms with Gasteiger partial charge in [0.05, 0.1) is 10.6 Å². The van der Waals surface area contributed by atoms with E-state index in [0.717, 1.165) is 6.26 Å². The van der Waals surface area contributed by atoms with Gasteiger partial charge < -0.3 is 0 Å². The minimum atomic E-state index is -3.62. The maximum absolute atomic E-state index is 12.9. The Labute approximate surface area is 141 Å². The number of rotatable bonds is 6. The molecule has 2 aromatic rings. The number of halogens is 1. The minimum absolute atomic E-state index is 0.174. The van der Waals surface area contributed by atoms with Gasteiger partial charge in [0.25, 0.3) is 0 Å². The molecule has 130 valence electrons. The van der Waals surface area contributed by atoms with Crippen LogP contribution in [0.1, 0.15) is 24.1 Å². The SMILES string of the molecule is C[C@H](NS(=O)(=O)Cc1ccc(F)cc1)c1ccc(S(C)(=O)=O)cc1. The van der Waals surface area contributed by atoms with Gasteiger partial charge in [-0.25, -0.2) is 25.9 Å². The van der Waals surface area contributed by atoms with Crippen LogP contribution >= 0.6 is 0 Å². The molecule has 8 heteroatoms. The Hall–Kier alpha value is -1.77. The molecular weight excluding hydrogens is 353 g/mol. The molecule has 2 rings (SSSR count). The quantitative estimate of drug-likeness (QED) is 0.846. The summed E-state index contributed by atoms with van der Waals surface area (Å²) in [6.07, 6.45) is 1.11. The third kappa shape index (κ3) is 5.12. The molecule has 0 radical (unpaired) electrons. The van der Waals surface area contributed by atoms with Crippen LogP contribution in [0.3, 0.4) is 0 Å². The lowest BCUT2D eigenvalue weighted by molar-refractivity contribution is 0.565. The second kappa shape index (κ2) is 7.00. The summed E-state index contributed by atoms with van der Waals surface area (Å²) in [5.74, 6) is -0.692. The molecule has 5 nitrogen and oxygen atoms in total. The molecule has 0 amide bonds. The summed E-state index contributed by atoms with van der Waals surface area (Å²) >= 11 is 0. The van der Waals surface area contributed by atoms with Crippen molar-refractivity contribution in [1.29, 1.82) is 0 Å². The van der Waals surface area contributed by atoms with E-state index >= 15 is 0 Å². The lowest BCUT2D eigenvalue weighted by atomic mass is 10.1. The molecule has 1 atom stereocenters. The predicted octanol–water partition coefficient (Wildman–Crippen LogP) is 2.41. The Balaban J connectivity index is 2.10. The highest BCUT2D eigenvalue weighted by Gasteiger charge is 2.17. The molecule has 0 unspecified atom stereocenters. The zero-order valence-electron chi connectivity index (χ0n) is 13.2. The topological polar surface area (TPSA) is 80.3 Å². The predicted molar refractivity (Wildman–Crippen MR) is 90.1 cm³/mol. The van der Waals surface area contributed by atoms with E-state index in [0.29, 0.717) is 11.1 Å². The summed E-state index contributed by atoms with van der Waals surface area (Å²) < 4.78 is 62.6. The van der Waals surface area contributed by atoms with Crippen LogP contribution < -0.4 is 4.72 Å². The van der Waals surface area contributed by atoms with Gasteiger partial charge >= 0.3 is 0 Å². The van der Waals surface area contributed by atoms with Crippen molar-refractivity contribution in [1.82, 2.24) is 4.72 Å². The maximum Gasteiger partial charge on any atom is 0.216 e. The summed E-state index contributed by atoms with van der Waals surface area (Å²) in [4.78, 5) is 0.174. The lowest BCUT2D eigenvalue weighted by Crippen LogP contribution is -2.28. The van der Waals surface area contributed by atoms with E-state index in [1.165, 1.54) is 36.4 Å². The van der Waals surface area contributed by atoms with Gasteiger partial charge in [0, 0.05) is 12.3 Å². The normalized spacial score (nSPS) is 13.6. The summed E-state index contributed by atoms with van der Waals surface area (Å²) in [6.45, 7) is 1.66. The molecule has 0 aliphatic carbocycles. The van der Waals surface area contributed by atoms with E-state index in [9.17, 15) is 21.2 Å². The molecule has 2 aromatic carbocycles. The smallest absolute Gasteiger partial charge is 0.216 e. The molecule has 0 spiro atoms. The molecule has 0 bridgehead atoms.